The molecule has 6 atom stereocenters. The lowest BCUT2D eigenvalue weighted by atomic mass is 9.60. The van der Waals surface area contributed by atoms with E-state index in [1.54, 1.807) is 12.5 Å². The van der Waals surface area contributed by atoms with E-state index in [1.807, 2.05) is 0 Å². The van der Waals surface area contributed by atoms with E-state index < -0.39 is 16.6 Å². The summed E-state index contributed by atoms with van der Waals surface area (Å²) in [6.45, 7) is 34.9. The Labute approximate surface area is 269 Å². The summed E-state index contributed by atoms with van der Waals surface area (Å²) in [4.78, 5) is 11.5. The van der Waals surface area contributed by atoms with Crippen LogP contribution >= 0.6 is 0 Å². The highest BCUT2D eigenvalue weighted by molar-refractivity contribution is 6.74. The van der Waals surface area contributed by atoms with Crippen molar-refractivity contribution in [1.82, 2.24) is 0 Å². The molecule has 0 aliphatic heterocycles. The molecule has 0 saturated heterocycles. The number of Topliss-reactive ketones (excluding diaryl/α,β-unsaturated/α-hetero) is 1. The maximum absolute atomic E-state index is 11.5. The lowest BCUT2D eigenvalue weighted by Gasteiger charge is -2.46. The van der Waals surface area contributed by atoms with E-state index in [4.69, 9.17) is 8.85 Å². The van der Waals surface area contributed by atoms with E-state index in [0.29, 0.717) is 23.0 Å². The second-order valence-electron chi connectivity index (χ2n) is 17.9. The van der Waals surface area contributed by atoms with Gasteiger partial charge in [-0.15, -0.1) is 0 Å². The number of carbonyl (C=O) groups is 1. The largest absolute Gasteiger partial charge is 0.413 e. The fraction of sp³-hybridized carbons (Fsp3) is 0.816. The van der Waals surface area contributed by atoms with E-state index in [9.17, 15) is 4.79 Å². The van der Waals surface area contributed by atoms with Gasteiger partial charge >= 0.3 is 0 Å². The predicted molar refractivity (Wildman–Crippen MR) is 191 cm³/mol. The summed E-state index contributed by atoms with van der Waals surface area (Å²) in [7, 11) is -3.89. The van der Waals surface area contributed by atoms with E-state index >= 15 is 0 Å². The molecule has 3 saturated carbocycles. The third-order valence-electron chi connectivity index (χ3n) is 12.6. The Balaban J connectivity index is 1.88. The van der Waals surface area contributed by atoms with Gasteiger partial charge in [0.15, 0.2) is 16.6 Å². The number of rotatable bonds is 10. The van der Waals surface area contributed by atoms with Crippen LogP contribution < -0.4 is 0 Å². The zero-order chi connectivity index (χ0) is 32.6. The van der Waals surface area contributed by atoms with E-state index in [-0.39, 0.29) is 22.3 Å². The first-order valence-corrected chi connectivity index (χ1v) is 23.3. The van der Waals surface area contributed by atoms with Crippen molar-refractivity contribution in [3.05, 3.63) is 35.5 Å². The number of ketones is 1. The molecule has 3 fully saturated rings. The third kappa shape index (κ3) is 8.54. The summed E-state index contributed by atoms with van der Waals surface area (Å²) in [5.41, 5.74) is 4.55. The molecule has 0 heterocycles. The van der Waals surface area contributed by atoms with Gasteiger partial charge in [0, 0.05) is 12.8 Å². The second kappa shape index (κ2) is 13.5. The second-order valence-corrected chi connectivity index (χ2v) is 27.4. The molecule has 3 aliphatic carbocycles. The van der Waals surface area contributed by atoms with Gasteiger partial charge < -0.3 is 13.6 Å². The lowest BCUT2D eigenvalue weighted by molar-refractivity contribution is -0.117. The van der Waals surface area contributed by atoms with Crippen LogP contribution in [0.5, 0.6) is 0 Å². The molecule has 3 rings (SSSR count). The fourth-order valence-electron chi connectivity index (χ4n) is 7.85. The van der Waals surface area contributed by atoms with Gasteiger partial charge in [-0.1, -0.05) is 86.1 Å². The quantitative estimate of drug-likeness (QED) is 0.226. The van der Waals surface area contributed by atoms with Crippen molar-refractivity contribution in [3.8, 4) is 0 Å². The third-order valence-corrected chi connectivity index (χ3v) is 21.7. The molecule has 0 amide bonds. The lowest BCUT2D eigenvalue weighted by Crippen LogP contribution is -2.49. The van der Waals surface area contributed by atoms with Gasteiger partial charge in [-0.2, -0.15) is 0 Å². The first-order valence-electron chi connectivity index (χ1n) is 17.5. The van der Waals surface area contributed by atoms with Gasteiger partial charge in [0.05, 0.1) is 12.2 Å². The molecule has 0 spiro atoms. The van der Waals surface area contributed by atoms with Crippen LogP contribution in [0.4, 0.5) is 0 Å². The van der Waals surface area contributed by atoms with Crippen molar-refractivity contribution >= 4 is 22.4 Å². The highest BCUT2D eigenvalue weighted by Gasteiger charge is 2.50. The topological polar surface area (TPSA) is 35.5 Å². The molecule has 0 unspecified atom stereocenters. The van der Waals surface area contributed by atoms with Crippen molar-refractivity contribution in [1.29, 1.82) is 0 Å². The minimum Gasteiger partial charge on any atom is -0.413 e. The highest BCUT2D eigenvalue weighted by Crippen LogP contribution is 2.60. The minimum atomic E-state index is -1.97. The number of hydrogen-bond acceptors (Lipinski definition) is 3. The normalized spacial score (nSPS) is 31.9. The first kappa shape index (κ1) is 36.7. The van der Waals surface area contributed by atoms with Crippen molar-refractivity contribution in [2.45, 2.75) is 175 Å². The average molecular weight is 629 g/mol. The summed E-state index contributed by atoms with van der Waals surface area (Å²) in [5.74, 6) is 2.45. The van der Waals surface area contributed by atoms with E-state index in [1.165, 1.54) is 49.7 Å². The van der Waals surface area contributed by atoms with Gasteiger partial charge in [0.25, 0.3) is 0 Å². The maximum atomic E-state index is 11.5. The number of carbonyl (C=O) groups excluding carboxylic acids is 1. The Hall–Kier alpha value is -0.756. The van der Waals surface area contributed by atoms with Gasteiger partial charge in [-0.05, 0) is 122 Å². The monoisotopic (exact) mass is 628 g/mol. The molecule has 3 aliphatic rings. The summed E-state index contributed by atoms with van der Waals surface area (Å²) >= 11 is 0. The van der Waals surface area contributed by atoms with E-state index in [2.05, 4.69) is 100 Å². The zero-order valence-corrected chi connectivity index (χ0v) is 32.5. The Morgan fingerprint density at radius 1 is 1.02 bits per heavy atom. The first-order chi connectivity index (χ1) is 19.6. The van der Waals surface area contributed by atoms with Crippen LogP contribution in [-0.4, -0.2) is 34.6 Å². The van der Waals surface area contributed by atoms with Crippen LogP contribution in [0.3, 0.4) is 0 Å². The molecule has 43 heavy (non-hydrogen) atoms. The summed E-state index contributed by atoms with van der Waals surface area (Å²) < 4.78 is 14.1. The summed E-state index contributed by atoms with van der Waals surface area (Å²) in [6.07, 6.45) is 16.4. The molecule has 0 aromatic rings. The van der Waals surface area contributed by atoms with Crippen LogP contribution in [0, 0.1) is 23.2 Å². The molecule has 3 nitrogen and oxygen atoms in total. The smallest absolute Gasteiger partial charge is 0.192 e. The SMILES string of the molecule is C=C1/C(=C/C=C2\CCC[C@]3(C)[C@@H]([C@H](C)CCCC(C)=O)CC[C@@H]23)C[C@@H](O[Si](C)(C)C(C)(C)C)C[C@@H]1O[Si](C)(C)C(C)(C)C. The predicted octanol–water partition coefficient (Wildman–Crippen LogP) is 11.6. The van der Waals surface area contributed by atoms with Crippen LogP contribution in [0.2, 0.25) is 36.3 Å². The van der Waals surface area contributed by atoms with Crippen LogP contribution in [0.15, 0.2) is 35.5 Å². The molecule has 0 bridgehead atoms. The Kier molecular flexibility index (Phi) is 11.6. The summed E-state index contributed by atoms with van der Waals surface area (Å²) in [6, 6.07) is 0. The Morgan fingerprint density at radius 3 is 2.21 bits per heavy atom. The number of fused-ring (bicyclic) bond motifs is 1. The van der Waals surface area contributed by atoms with Crippen LogP contribution in [0.25, 0.3) is 0 Å². The maximum Gasteiger partial charge on any atom is 0.192 e. The molecule has 0 aromatic carbocycles. The molecule has 0 N–H and O–H groups in total. The Morgan fingerprint density at radius 2 is 1.63 bits per heavy atom. The van der Waals surface area contributed by atoms with Gasteiger partial charge in [-0.3, -0.25) is 0 Å². The molecule has 5 heteroatoms. The standard InChI is InChI=1S/C38H68O3Si2/c1-27(17-15-18-28(2)39)33-22-23-34-30(19-16-24-38(33,34)10)20-21-31-25-32(40-42(11,12)36(4,5)6)26-35(29(31)3)41-43(13,14)37(7,8)9/h20-21,27,32-35H,3,15-19,22-26H2,1-2,4-14H3/b30-20+,31-21+/t27-,32-,33-,34+,35+,38-/m1/s1. The van der Waals surface area contributed by atoms with Crippen LogP contribution in [0.1, 0.15) is 127 Å². The van der Waals surface area contributed by atoms with Crippen LogP contribution in [-0.2, 0) is 13.6 Å². The van der Waals surface area contributed by atoms with Crippen molar-refractivity contribution in [2.75, 3.05) is 0 Å². The van der Waals surface area contributed by atoms with Gasteiger partial charge in [0.1, 0.15) is 5.78 Å². The van der Waals surface area contributed by atoms with Crippen molar-refractivity contribution in [2.24, 2.45) is 23.2 Å². The molecule has 0 radical (unpaired) electrons. The molecule has 246 valence electrons. The van der Waals surface area contributed by atoms with Gasteiger partial charge in [-0.25, -0.2) is 0 Å². The highest BCUT2D eigenvalue weighted by atomic mass is 28.4. The molecular formula is C38H68O3Si2. The van der Waals surface area contributed by atoms with Crippen molar-refractivity contribution in [3.63, 3.8) is 0 Å². The van der Waals surface area contributed by atoms with E-state index in [0.717, 1.165) is 31.6 Å². The number of hydrogen-bond donors (Lipinski definition) is 0. The Bertz CT molecular complexity index is 1070. The van der Waals surface area contributed by atoms with Gasteiger partial charge in [0.2, 0.25) is 0 Å². The van der Waals surface area contributed by atoms with Crippen molar-refractivity contribution < 1.29 is 13.6 Å². The molecular weight excluding hydrogens is 561 g/mol. The molecule has 0 aromatic heterocycles. The summed E-state index contributed by atoms with van der Waals surface area (Å²) in [5, 5.41) is 0.332. The number of allylic oxidation sites excluding steroid dienone is 3. The average Bonchev–Trinajstić information content (AvgIpc) is 3.20. The zero-order valence-electron chi connectivity index (χ0n) is 30.5. The minimum absolute atomic E-state index is 0.0254. The fourth-order valence-corrected chi connectivity index (χ4v) is 10.5.